The van der Waals surface area contributed by atoms with E-state index in [1.165, 1.54) is 23.5 Å². The maximum atomic E-state index is 16.0. The molecule has 1 aliphatic carbocycles. The normalized spacial score (nSPS) is 17.4. The van der Waals surface area contributed by atoms with Crippen LogP contribution in [-0.4, -0.2) is 49.3 Å². The van der Waals surface area contributed by atoms with Gasteiger partial charge in [-0.1, -0.05) is 18.6 Å². The van der Waals surface area contributed by atoms with Crippen molar-refractivity contribution in [1.82, 2.24) is 15.0 Å². The first-order valence-corrected chi connectivity index (χ1v) is 17.7. The zero-order valence-corrected chi connectivity index (χ0v) is 25.0. The van der Waals surface area contributed by atoms with Crippen LogP contribution in [0.15, 0.2) is 53.6 Å². The third-order valence-corrected chi connectivity index (χ3v) is 11.9. The average molecular weight is 650 g/mol. The van der Waals surface area contributed by atoms with Crippen molar-refractivity contribution in [3.63, 3.8) is 0 Å². The van der Waals surface area contributed by atoms with Crippen molar-refractivity contribution in [1.29, 1.82) is 0 Å². The molecule has 2 N–H and O–H groups in total. The Kier molecular flexibility index (Phi) is 7.89. The number of hydrogen-bond acceptors (Lipinski definition) is 9. The van der Waals surface area contributed by atoms with Gasteiger partial charge in [0, 0.05) is 23.7 Å². The largest absolute Gasteiger partial charge is 0.351 e. The molecule has 2 aromatic carbocycles. The van der Waals surface area contributed by atoms with Crippen LogP contribution in [0.5, 0.6) is 0 Å². The van der Waals surface area contributed by atoms with Gasteiger partial charge in [0.2, 0.25) is 5.95 Å². The lowest BCUT2D eigenvalue weighted by Gasteiger charge is -2.23. The summed E-state index contributed by atoms with van der Waals surface area (Å²) in [5.41, 5.74) is 0.187. The lowest BCUT2D eigenvalue weighted by molar-refractivity contribution is 0.418. The number of sulfone groups is 1. The summed E-state index contributed by atoms with van der Waals surface area (Å²) in [7, 11) is -7.85. The molecule has 0 spiro atoms. The van der Waals surface area contributed by atoms with Gasteiger partial charge < -0.3 is 5.32 Å². The standard InChI is InChI=1S/C28H26F3N5O4S3/c29-19-7-3-8-20(30)26(19)43(39,40)36-21-9-2-6-18(23(21)31)24-25(41-27(35-24)16-4-1-5-16)22-10-13-32-28(34-22)33-17-11-14-42(37,38)15-12-17/h2-3,6-10,13,16-17,36H,1,4-5,11-12,14-15H2,(H,32,33,34). The highest BCUT2D eigenvalue weighted by molar-refractivity contribution is 7.92. The molecule has 1 aliphatic heterocycles. The van der Waals surface area contributed by atoms with E-state index in [1.54, 1.807) is 12.3 Å². The molecule has 9 nitrogen and oxygen atoms in total. The molecule has 226 valence electrons. The van der Waals surface area contributed by atoms with Gasteiger partial charge in [0.25, 0.3) is 10.0 Å². The van der Waals surface area contributed by atoms with E-state index in [1.807, 2.05) is 4.72 Å². The van der Waals surface area contributed by atoms with Crippen molar-refractivity contribution in [2.24, 2.45) is 0 Å². The van der Waals surface area contributed by atoms with Gasteiger partial charge in [-0.3, -0.25) is 4.72 Å². The fraction of sp³-hybridized carbons (Fsp3) is 0.321. The zero-order chi connectivity index (χ0) is 30.4. The van der Waals surface area contributed by atoms with Crippen LogP contribution >= 0.6 is 11.3 Å². The van der Waals surface area contributed by atoms with E-state index in [9.17, 15) is 25.6 Å². The summed E-state index contributed by atoms with van der Waals surface area (Å²) in [6, 6.07) is 8.19. The van der Waals surface area contributed by atoms with Gasteiger partial charge in [-0.2, -0.15) is 0 Å². The molecule has 4 aromatic rings. The van der Waals surface area contributed by atoms with Crippen molar-refractivity contribution in [2.45, 2.75) is 49.0 Å². The van der Waals surface area contributed by atoms with Crippen molar-refractivity contribution in [2.75, 3.05) is 21.5 Å². The predicted molar refractivity (Wildman–Crippen MR) is 158 cm³/mol. The van der Waals surface area contributed by atoms with Crippen LogP contribution in [0.3, 0.4) is 0 Å². The van der Waals surface area contributed by atoms with Crippen LogP contribution in [0.2, 0.25) is 0 Å². The molecule has 0 bridgehead atoms. The van der Waals surface area contributed by atoms with Gasteiger partial charge in [-0.15, -0.1) is 11.3 Å². The van der Waals surface area contributed by atoms with Crippen LogP contribution in [0, 0.1) is 17.5 Å². The molecule has 43 heavy (non-hydrogen) atoms. The number of halogens is 3. The van der Waals surface area contributed by atoms with E-state index in [0.717, 1.165) is 48.5 Å². The average Bonchev–Trinajstić information content (AvgIpc) is 3.34. The van der Waals surface area contributed by atoms with Crippen LogP contribution in [0.25, 0.3) is 21.8 Å². The third-order valence-electron chi connectivity index (χ3n) is 7.56. The topological polar surface area (TPSA) is 131 Å². The Morgan fingerprint density at radius 2 is 1.60 bits per heavy atom. The smallest absolute Gasteiger partial charge is 0.267 e. The molecule has 2 fully saturated rings. The molecule has 15 heteroatoms. The second-order valence-electron chi connectivity index (χ2n) is 10.5. The number of hydrogen-bond donors (Lipinski definition) is 2. The van der Waals surface area contributed by atoms with E-state index in [2.05, 4.69) is 15.3 Å². The van der Waals surface area contributed by atoms with Gasteiger partial charge in [0.15, 0.2) is 10.7 Å². The molecule has 2 aliphatic rings. The van der Waals surface area contributed by atoms with Crippen LogP contribution in [-0.2, 0) is 19.9 Å². The Morgan fingerprint density at radius 3 is 2.28 bits per heavy atom. The molecule has 6 rings (SSSR count). The summed E-state index contributed by atoms with van der Waals surface area (Å²) in [5, 5.41) is 3.99. The maximum Gasteiger partial charge on any atom is 0.267 e. The number of aromatic nitrogens is 3. The van der Waals surface area contributed by atoms with Crippen LogP contribution < -0.4 is 10.0 Å². The Morgan fingerprint density at radius 1 is 0.907 bits per heavy atom. The Hall–Kier alpha value is -3.56. The van der Waals surface area contributed by atoms with Gasteiger partial charge in [0.1, 0.15) is 21.5 Å². The number of thiazole rings is 1. The van der Waals surface area contributed by atoms with Crippen molar-refractivity contribution in [3.05, 3.63) is 71.1 Å². The molecule has 1 saturated carbocycles. The van der Waals surface area contributed by atoms with E-state index in [4.69, 9.17) is 4.98 Å². The maximum absolute atomic E-state index is 16.0. The predicted octanol–water partition coefficient (Wildman–Crippen LogP) is 5.74. The second kappa shape index (κ2) is 11.5. The molecule has 0 atom stereocenters. The molecule has 3 heterocycles. The molecule has 0 amide bonds. The van der Waals surface area contributed by atoms with Crippen molar-refractivity contribution >= 4 is 42.8 Å². The lowest BCUT2D eigenvalue weighted by Crippen LogP contribution is -2.32. The highest BCUT2D eigenvalue weighted by atomic mass is 32.2. The Bertz CT molecular complexity index is 1880. The van der Waals surface area contributed by atoms with Gasteiger partial charge in [-0.05, 0) is 56.0 Å². The Balaban J connectivity index is 1.36. The number of rotatable bonds is 8. The second-order valence-corrected chi connectivity index (χ2v) is 15.5. The molecular formula is C28H26F3N5O4S3. The SMILES string of the molecule is O=S1(=O)CCC(Nc2nccc(-c3sc(C4CCC4)nc3-c3cccc(NS(=O)(=O)c4c(F)cccc4F)c3F)n2)CC1. The minimum atomic E-state index is -4.81. The zero-order valence-electron chi connectivity index (χ0n) is 22.6. The number of benzene rings is 2. The van der Waals surface area contributed by atoms with E-state index >= 15 is 4.39 Å². The molecular weight excluding hydrogens is 624 g/mol. The van der Waals surface area contributed by atoms with Crippen molar-refractivity contribution in [3.8, 4) is 21.8 Å². The third kappa shape index (κ3) is 6.10. The van der Waals surface area contributed by atoms with E-state index < -0.39 is 47.9 Å². The van der Waals surface area contributed by atoms with Gasteiger partial charge in [-0.25, -0.2) is 45.0 Å². The lowest BCUT2D eigenvalue weighted by atomic mass is 9.86. The van der Waals surface area contributed by atoms with Crippen LogP contribution in [0.1, 0.15) is 43.0 Å². The van der Waals surface area contributed by atoms with Crippen molar-refractivity contribution < 1.29 is 30.0 Å². The van der Waals surface area contributed by atoms with E-state index in [-0.39, 0.29) is 34.7 Å². The summed E-state index contributed by atoms with van der Waals surface area (Å²) >= 11 is 1.36. The Labute approximate surface area is 250 Å². The number of anilines is 2. The minimum absolute atomic E-state index is 0.0170. The highest BCUT2D eigenvalue weighted by Gasteiger charge is 2.30. The molecule has 2 aromatic heterocycles. The summed E-state index contributed by atoms with van der Waals surface area (Å²) < 4.78 is 95.9. The highest BCUT2D eigenvalue weighted by Crippen LogP contribution is 2.45. The number of nitrogens with one attached hydrogen (secondary N) is 2. The molecule has 1 saturated heterocycles. The first-order chi connectivity index (χ1) is 20.5. The van der Waals surface area contributed by atoms with E-state index in [0.29, 0.717) is 29.4 Å². The quantitative estimate of drug-likeness (QED) is 0.247. The number of sulfonamides is 1. The van der Waals surface area contributed by atoms with Crippen LogP contribution in [0.4, 0.5) is 24.8 Å². The summed E-state index contributed by atoms with van der Waals surface area (Å²) in [4.78, 5) is 13.0. The molecule has 0 radical (unpaired) electrons. The monoisotopic (exact) mass is 649 g/mol. The summed E-state index contributed by atoms with van der Waals surface area (Å²) in [6.07, 6.45) is 5.32. The molecule has 0 unspecified atom stereocenters. The first kappa shape index (κ1) is 29.5. The minimum Gasteiger partial charge on any atom is -0.351 e. The fourth-order valence-electron chi connectivity index (χ4n) is 5.02. The first-order valence-electron chi connectivity index (χ1n) is 13.6. The fourth-order valence-corrected chi connectivity index (χ4v) is 8.93. The van der Waals surface area contributed by atoms with Gasteiger partial charge in [0.05, 0.1) is 38.5 Å². The summed E-state index contributed by atoms with van der Waals surface area (Å²) in [6.45, 7) is 0. The summed E-state index contributed by atoms with van der Waals surface area (Å²) in [5.74, 6) is -2.92. The number of nitrogens with zero attached hydrogens (tertiary/aromatic N) is 3. The van der Waals surface area contributed by atoms with Gasteiger partial charge >= 0.3 is 0 Å².